The number of benzene rings is 1. The summed E-state index contributed by atoms with van der Waals surface area (Å²) in [5.74, 6) is 0.320. The van der Waals surface area contributed by atoms with Gasteiger partial charge in [0.15, 0.2) is 0 Å². The van der Waals surface area contributed by atoms with Crippen molar-refractivity contribution in [3.05, 3.63) is 64.9 Å². The largest absolute Gasteiger partial charge is 0.759 e. The summed E-state index contributed by atoms with van der Waals surface area (Å²) in [7, 11) is -0.977. The zero-order valence-electron chi connectivity index (χ0n) is 13.4. The van der Waals surface area contributed by atoms with Gasteiger partial charge < -0.3 is 14.0 Å². The molecule has 6 nitrogen and oxygen atoms in total. The first-order valence-corrected chi connectivity index (χ1v) is 8.86. The fourth-order valence-electron chi connectivity index (χ4n) is 2.15. The normalized spacial score (nSPS) is 12.4. The van der Waals surface area contributed by atoms with E-state index in [-0.39, 0.29) is 0 Å². The molecule has 132 valence electrons. The van der Waals surface area contributed by atoms with Crippen LogP contribution in [0.15, 0.2) is 48.7 Å². The van der Waals surface area contributed by atoms with Crippen LogP contribution in [-0.4, -0.2) is 48.0 Å². The summed E-state index contributed by atoms with van der Waals surface area (Å²) in [4.78, 5) is 6.70. The molecule has 0 aliphatic heterocycles. The highest BCUT2D eigenvalue weighted by molar-refractivity contribution is 7.79. The number of rotatable bonds is 5. The number of hydrogen-bond acceptors (Lipinski definition) is 6. The van der Waals surface area contributed by atoms with E-state index in [4.69, 9.17) is 29.1 Å². The first-order chi connectivity index (χ1) is 11.2. The van der Waals surface area contributed by atoms with Crippen LogP contribution in [0.25, 0.3) is 0 Å². The van der Waals surface area contributed by atoms with Crippen molar-refractivity contribution < 1.29 is 17.5 Å². The number of nitrogens with zero attached hydrogens (tertiary/aromatic N) is 2. The summed E-state index contributed by atoms with van der Waals surface area (Å²) in [6, 6.07) is 14.2. The van der Waals surface area contributed by atoms with Gasteiger partial charge in [-0.3, -0.25) is 13.4 Å². The smallest absolute Gasteiger partial charge is 0.0478 e. The third-order valence-corrected chi connectivity index (χ3v) is 3.43. The maximum absolute atomic E-state index is 8.52. The van der Waals surface area contributed by atoms with Gasteiger partial charge in [-0.1, -0.05) is 29.8 Å². The minimum absolute atomic E-state index is 0.320. The Kier molecular flexibility index (Phi) is 8.30. The van der Waals surface area contributed by atoms with Gasteiger partial charge in [-0.05, 0) is 56.9 Å². The maximum Gasteiger partial charge on any atom is 0.0478 e. The summed E-state index contributed by atoms with van der Waals surface area (Å²) in [5, 5.41) is 0.774. The van der Waals surface area contributed by atoms with Crippen molar-refractivity contribution in [2.45, 2.75) is 12.3 Å². The Labute approximate surface area is 147 Å². The lowest BCUT2D eigenvalue weighted by Gasteiger charge is -2.19. The highest BCUT2D eigenvalue weighted by atomic mass is 35.5. The van der Waals surface area contributed by atoms with E-state index in [0.29, 0.717) is 5.92 Å². The van der Waals surface area contributed by atoms with Crippen molar-refractivity contribution in [3.63, 3.8) is 0 Å². The maximum atomic E-state index is 8.52. The van der Waals surface area contributed by atoms with Crippen molar-refractivity contribution in [1.29, 1.82) is 0 Å². The molecule has 2 aromatic rings. The van der Waals surface area contributed by atoms with Crippen LogP contribution >= 0.6 is 11.6 Å². The number of halogens is 1. The summed E-state index contributed by atoms with van der Waals surface area (Å²) in [5.41, 5.74) is 2.39. The molecule has 0 N–H and O–H groups in total. The highest BCUT2D eigenvalue weighted by Crippen LogP contribution is 2.27. The van der Waals surface area contributed by atoms with Gasteiger partial charge in [0.25, 0.3) is 0 Å². The van der Waals surface area contributed by atoms with E-state index in [1.807, 2.05) is 30.5 Å². The fourth-order valence-corrected chi connectivity index (χ4v) is 2.28. The monoisotopic (exact) mass is 370 g/mol. The molecule has 1 aromatic carbocycles. The fraction of sp³-hybridized carbons (Fsp3) is 0.312. The van der Waals surface area contributed by atoms with E-state index in [1.165, 1.54) is 5.56 Å². The molecule has 0 spiro atoms. The van der Waals surface area contributed by atoms with Crippen LogP contribution in [0.3, 0.4) is 0 Å². The SMILES string of the molecule is CN(C)CCC(c1ccc(Cl)cc1)c1ccccn1.O=S(=O)([O-])[O-]. The Morgan fingerprint density at radius 3 is 2.17 bits per heavy atom. The minimum Gasteiger partial charge on any atom is -0.759 e. The number of aromatic nitrogens is 1. The van der Waals surface area contributed by atoms with Crippen molar-refractivity contribution in [2.75, 3.05) is 20.6 Å². The molecular weight excluding hydrogens is 352 g/mol. The van der Waals surface area contributed by atoms with Crippen LogP contribution in [0.2, 0.25) is 5.02 Å². The third kappa shape index (κ3) is 8.95. The molecule has 0 fully saturated rings. The zero-order chi connectivity index (χ0) is 18.2. The second-order valence-corrected chi connectivity index (χ2v) is 6.61. The summed E-state index contributed by atoms with van der Waals surface area (Å²) in [6.45, 7) is 1.03. The Morgan fingerprint density at radius 1 is 1.12 bits per heavy atom. The van der Waals surface area contributed by atoms with Gasteiger partial charge in [-0.2, -0.15) is 0 Å². The first kappa shape index (κ1) is 20.5. The lowest BCUT2D eigenvalue weighted by molar-refractivity contribution is 0.352. The molecular formula is C16H19ClN2O4S-2. The highest BCUT2D eigenvalue weighted by Gasteiger charge is 2.15. The summed E-state index contributed by atoms with van der Waals surface area (Å²) in [6.07, 6.45) is 2.90. The predicted molar refractivity (Wildman–Crippen MR) is 91.2 cm³/mol. The van der Waals surface area contributed by atoms with Crippen LogP contribution in [0, 0.1) is 0 Å². The van der Waals surface area contributed by atoms with Gasteiger partial charge in [-0.25, -0.2) is 0 Å². The van der Waals surface area contributed by atoms with Crippen molar-refractivity contribution in [2.24, 2.45) is 0 Å². The molecule has 0 aliphatic carbocycles. The Morgan fingerprint density at radius 2 is 1.71 bits per heavy atom. The Hall–Kier alpha value is -1.51. The summed E-state index contributed by atoms with van der Waals surface area (Å²) < 4.78 is 34.1. The van der Waals surface area contributed by atoms with Crippen LogP contribution in [0.5, 0.6) is 0 Å². The first-order valence-electron chi connectivity index (χ1n) is 7.14. The average Bonchev–Trinajstić information content (AvgIpc) is 2.48. The quantitative estimate of drug-likeness (QED) is 0.592. The lowest BCUT2D eigenvalue weighted by Crippen LogP contribution is -2.17. The minimum atomic E-state index is -5.17. The predicted octanol–water partition coefficient (Wildman–Crippen LogP) is 2.48. The molecule has 1 aromatic heterocycles. The molecule has 1 atom stereocenters. The van der Waals surface area contributed by atoms with Gasteiger partial charge in [0.05, 0.1) is 0 Å². The topological polar surface area (TPSA) is 96.4 Å². The average molecular weight is 371 g/mol. The van der Waals surface area contributed by atoms with Crippen LogP contribution in [0.1, 0.15) is 23.6 Å². The second-order valence-electron chi connectivity index (χ2n) is 5.36. The lowest BCUT2D eigenvalue weighted by atomic mass is 9.92. The number of hydrogen-bond donors (Lipinski definition) is 0. The third-order valence-electron chi connectivity index (χ3n) is 3.18. The number of pyridine rings is 1. The van der Waals surface area contributed by atoms with Crippen molar-refractivity contribution >= 4 is 22.0 Å². The molecule has 8 heteroatoms. The molecule has 1 unspecified atom stereocenters. The van der Waals surface area contributed by atoms with Crippen LogP contribution < -0.4 is 0 Å². The van der Waals surface area contributed by atoms with Crippen LogP contribution in [0.4, 0.5) is 0 Å². The van der Waals surface area contributed by atoms with Gasteiger partial charge in [0.1, 0.15) is 0 Å². The van der Waals surface area contributed by atoms with Gasteiger partial charge in [0.2, 0.25) is 0 Å². The van der Waals surface area contributed by atoms with Crippen molar-refractivity contribution in [3.8, 4) is 0 Å². The Balaban J connectivity index is 0.000000505. The molecule has 0 bridgehead atoms. The molecule has 0 saturated carbocycles. The molecule has 2 rings (SSSR count). The molecule has 24 heavy (non-hydrogen) atoms. The van der Waals surface area contributed by atoms with E-state index < -0.39 is 10.4 Å². The molecule has 0 radical (unpaired) electrons. The molecule has 0 amide bonds. The standard InChI is InChI=1S/C16H19ClN2.H2O4S/c1-19(2)12-10-15(16-5-3-4-11-18-16)13-6-8-14(17)9-7-13;1-5(2,3)4/h3-9,11,15H,10,12H2,1-2H3;(H2,1,2,3,4)/p-2. The second kappa shape index (κ2) is 9.71. The van der Waals surface area contributed by atoms with E-state index in [9.17, 15) is 0 Å². The van der Waals surface area contributed by atoms with Gasteiger partial charge in [0, 0.05) is 33.2 Å². The van der Waals surface area contributed by atoms with E-state index in [1.54, 1.807) is 0 Å². The molecule has 1 heterocycles. The van der Waals surface area contributed by atoms with Gasteiger partial charge in [-0.15, -0.1) is 0 Å². The molecule has 0 aliphatic rings. The Bertz CT molecular complexity index is 699. The van der Waals surface area contributed by atoms with E-state index in [2.05, 4.69) is 42.2 Å². The zero-order valence-corrected chi connectivity index (χ0v) is 15.0. The molecule has 0 saturated heterocycles. The van der Waals surface area contributed by atoms with E-state index in [0.717, 1.165) is 23.7 Å². The van der Waals surface area contributed by atoms with Crippen LogP contribution in [-0.2, 0) is 10.4 Å². The van der Waals surface area contributed by atoms with Gasteiger partial charge >= 0.3 is 0 Å². The van der Waals surface area contributed by atoms with E-state index >= 15 is 0 Å². The van der Waals surface area contributed by atoms with Crippen molar-refractivity contribution in [1.82, 2.24) is 9.88 Å². The summed E-state index contributed by atoms with van der Waals surface area (Å²) >= 11 is 5.97.